The number of aryl methyl sites for hydroxylation is 1. The van der Waals surface area contributed by atoms with Crippen molar-refractivity contribution < 1.29 is 10.0 Å². The molecule has 0 aliphatic carbocycles. The second-order valence-electron chi connectivity index (χ2n) is 5.40. The van der Waals surface area contributed by atoms with Gasteiger partial charge in [-0.1, -0.05) is 23.7 Å². The molecule has 0 radical (unpaired) electrons. The van der Waals surface area contributed by atoms with Crippen molar-refractivity contribution in [2.75, 3.05) is 11.9 Å². The maximum absolute atomic E-state index is 10.8. The number of benzene rings is 2. The standard InChI is InChI=1S/C16H17ClN2O3/c1-11-8-14(6-7-15(11)19(21)22)18-10-16(2,20)12-4-3-5-13(17)9-12/h3-9,18,20H,10H2,1-2H3. The fourth-order valence-electron chi connectivity index (χ4n) is 2.17. The number of rotatable bonds is 5. The zero-order chi connectivity index (χ0) is 16.3. The molecule has 0 bridgehead atoms. The van der Waals surface area contributed by atoms with Gasteiger partial charge in [0.25, 0.3) is 5.69 Å². The van der Waals surface area contributed by atoms with Crippen LogP contribution in [0.2, 0.25) is 5.02 Å². The summed E-state index contributed by atoms with van der Waals surface area (Å²) in [6.07, 6.45) is 0. The number of hydrogen-bond donors (Lipinski definition) is 2. The molecule has 2 N–H and O–H groups in total. The molecule has 0 spiro atoms. The first kappa shape index (κ1) is 16.3. The van der Waals surface area contributed by atoms with E-state index in [4.69, 9.17) is 11.6 Å². The Labute approximate surface area is 133 Å². The van der Waals surface area contributed by atoms with Crippen LogP contribution in [0.15, 0.2) is 42.5 Å². The molecule has 2 aromatic rings. The first-order chi connectivity index (χ1) is 10.3. The lowest BCUT2D eigenvalue weighted by Gasteiger charge is -2.25. The summed E-state index contributed by atoms with van der Waals surface area (Å²) in [5.74, 6) is 0. The van der Waals surface area contributed by atoms with Crippen molar-refractivity contribution in [1.29, 1.82) is 0 Å². The zero-order valence-corrected chi connectivity index (χ0v) is 13.1. The van der Waals surface area contributed by atoms with Crippen molar-refractivity contribution >= 4 is 23.0 Å². The van der Waals surface area contributed by atoms with Gasteiger partial charge in [-0.05, 0) is 43.7 Å². The Kier molecular flexibility index (Phi) is 4.68. The van der Waals surface area contributed by atoms with Crippen molar-refractivity contribution in [1.82, 2.24) is 0 Å². The number of aliphatic hydroxyl groups is 1. The first-order valence-electron chi connectivity index (χ1n) is 6.77. The highest BCUT2D eigenvalue weighted by molar-refractivity contribution is 6.30. The first-order valence-corrected chi connectivity index (χ1v) is 7.15. The van der Waals surface area contributed by atoms with E-state index in [0.29, 0.717) is 21.8 Å². The summed E-state index contributed by atoms with van der Waals surface area (Å²) in [7, 11) is 0. The minimum absolute atomic E-state index is 0.0761. The summed E-state index contributed by atoms with van der Waals surface area (Å²) in [6.45, 7) is 3.62. The highest BCUT2D eigenvalue weighted by atomic mass is 35.5. The molecule has 2 aromatic carbocycles. The van der Waals surface area contributed by atoms with Crippen LogP contribution in [0.25, 0.3) is 0 Å². The van der Waals surface area contributed by atoms with Gasteiger partial charge in [0.05, 0.1) is 4.92 Å². The van der Waals surface area contributed by atoms with Gasteiger partial charge in [-0.3, -0.25) is 10.1 Å². The predicted octanol–water partition coefficient (Wildman–Crippen LogP) is 3.88. The number of hydrogen-bond acceptors (Lipinski definition) is 4. The topological polar surface area (TPSA) is 75.4 Å². The largest absolute Gasteiger partial charge is 0.384 e. The van der Waals surface area contributed by atoms with E-state index in [-0.39, 0.29) is 12.2 Å². The van der Waals surface area contributed by atoms with Crippen molar-refractivity contribution in [3.8, 4) is 0 Å². The number of anilines is 1. The van der Waals surface area contributed by atoms with Crippen LogP contribution in [0.5, 0.6) is 0 Å². The molecule has 0 saturated heterocycles. The number of nitro groups is 1. The molecular weight excluding hydrogens is 304 g/mol. The summed E-state index contributed by atoms with van der Waals surface area (Å²) in [5, 5.41) is 25.0. The molecule has 0 aliphatic rings. The molecular formula is C16H17ClN2O3. The van der Waals surface area contributed by atoms with Crippen LogP contribution >= 0.6 is 11.6 Å². The third-order valence-corrected chi connectivity index (χ3v) is 3.71. The molecule has 2 rings (SSSR count). The van der Waals surface area contributed by atoms with Gasteiger partial charge < -0.3 is 10.4 Å². The Morgan fingerprint density at radius 1 is 1.32 bits per heavy atom. The third-order valence-electron chi connectivity index (χ3n) is 3.48. The molecule has 0 fully saturated rings. The van der Waals surface area contributed by atoms with Crippen LogP contribution in [0.1, 0.15) is 18.1 Å². The van der Waals surface area contributed by atoms with E-state index in [1.165, 1.54) is 6.07 Å². The van der Waals surface area contributed by atoms with E-state index in [1.807, 2.05) is 0 Å². The van der Waals surface area contributed by atoms with Crippen molar-refractivity contribution in [3.63, 3.8) is 0 Å². The van der Waals surface area contributed by atoms with E-state index in [0.717, 1.165) is 0 Å². The fourth-order valence-corrected chi connectivity index (χ4v) is 2.36. The lowest BCUT2D eigenvalue weighted by atomic mass is 9.96. The van der Waals surface area contributed by atoms with Gasteiger partial charge in [-0.15, -0.1) is 0 Å². The van der Waals surface area contributed by atoms with Crippen LogP contribution in [-0.2, 0) is 5.60 Å². The van der Waals surface area contributed by atoms with Crippen molar-refractivity contribution in [3.05, 3.63) is 68.7 Å². The zero-order valence-electron chi connectivity index (χ0n) is 12.3. The Morgan fingerprint density at radius 2 is 2.05 bits per heavy atom. The van der Waals surface area contributed by atoms with E-state index in [9.17, 15) is 15.2 Å². The highest BCUT2D eigenvalue weighted by Crippen LogP contribution is 2.26. The summed E-state index contributed by atoms with van der Waals surface area (Å²) >= 11 is 5.94. The number of nitro benzene ring substituents is 1. The molecule has 6 heteroatoms. The fraction of sp³-hybridized carbons (Fsp3) is 0.250. The average molecular weight is 321 g/mol. The second kappa shape index (κ2) is 6.34. The Balaban J connectivity index is 2.12. The van der Waals surface area contributed by atoms with Gasteiger partial charge in [0.15, 0.2) is 0 Å². The summed E-state index contributed by atoms with van der Waals surface area (Å²) in [5.41, 5.74) is 0.946. The van der Waals surface area contributed by atoms with Crippen molar-refractivity contribution in [2.24, 2.45) is 0 Å². The molecule has 0 heterocycles. The van der Waals surface area contributed by atoms with Crippen LogP contribution in [0, 0.1) is 17.0 Å². The number of halogens is 1. The van der Waals surface area contributed by atoms with Gasteiger partial charge in [-0.25, -0.2) is 0 Å². The summed E-state index contributed by atoms with van der Waals surface area (Å²) in [6, 6.07) is 11.8. The van der Waals surface area contributed by atoms with Crippen molar-refractivity contribution in [2.45, 2.75) is 19.4 Å². The van der Waals surface area contributed by atoms with E-state index in [2.05, 4.69) is 5.32 Å². The lowest BCUT2D eigenvalue weighted by molar-refractivity contribution is -0.385. The molecule has 0 aliphatic heterocycles. The normalized spacial score (nSPS) is 13.5. The molecule has 1 unspecified atom stereocenters. The van der Waals surface area contributed by atoms with E-state index in [1.54, 1.807) is 50.2 Å². The van der Waals surface area contributed by atoms with Crippen LogP contribution in [-0.4, -0.2) is 16.6 Å². The summed E-state index contributed by atoms with van der Waals surface area (Å²) < 4.78 is 0. The Morgan fingerprint density at radius 3 is 2.64 bits per heavy atom. The maximum atomic E-state index is 10.8. The smallest absolute Gasteiger partial charge is 0.272 e. The minimum atomic E-state index is -1.11. The average Bonchev–Trinajstić information content (AvgIpc) is 2.45. The lowest BCUT2D eigenvalue weighted by Crippen LogP contribution is -2.30. The number of nitrogens with one attached hydrogen (secondary N) is 1. The van der Waals surface area contributed by atoms with Gasteiger partial charge in [-0.2, -0.15) is 0 Å². The second-order valence-corrected chi connectivity index (χ2v) is 5.83. The molecule has 0 amide bonds. The Bertz CT molecular complexity index is 702. The molecule has 116 valence electrons. The highest BCUT2D eigenvalue weighted by Gasteiger charge is 2.23. The number of nitrogens with zero attached hydrogens (tertiary/aromatic N) is 1. The van der Waals surface area contributed by atoms with Gasteiger partial charge in [0.2, 0.25) is 0 Å². The quantitative estimate of drug-likeness (QED) is 0.647. The van der Waals surface area contributed by atoms with Gasteiger partial charge in [0.1, 0.15) is 5.60 Å². The summed E-state index contributed by atoms with van der Waals surface area (Å²) in [4.78, 5) is 10.4. The third kappa shape index (κ3) is 3.75. The molecule has 0 saturated carbocycles. The van der Waals surface area contributed by atoms with E-state index < -0.39 is 10.5 Å². The van der Waals surface area contributed by atoms with Crippen LogP contribution in [0.3, 0.4) is 0 Å². The van der Waals surface area contributed by atoms with Gasteiger partial charge >= 0.3 is 0 Å². The van der Waals surface area contributed by atoms with Crippen LogP contribution in [0.4, 0.5) is 11.4 Å². The maximum Gasteiger partial charge on any atom is 0.272 e. The molecule has 0 aromatic heterocycles. The Hall–Kier alpha value is -2.11. The van der Waals surface area contributed by atoms with E-state index >= 15 is 0 Å². The minimum Gasteiger partial charge on any atom is -0.384 e. The molecule has 1 atom stereocenters. The predicted molar refractivity (Wildman–Crippen MR) is 87.3 cm³/mol. The monoisotopic (exact) mass is 320 g/mol. The SMILES string of the molecule is Cc1cc(NCC(C)(O)c2cccc(Cl)c2)ccc1[N+](=O)[O-]. The van der Waals surface area contributed by atoms with Gasteiger partial charge in [0, 0.05) is 28.9 Å². The molecule has 5 nitrogen and oxygen atoms in total. The van der Waals surface area contributed by atoms with Crippen LogP contribution < -0.4 is 5.32 Å². The molecule has 22 heavy (non-hydrogen) atoms.